The van der Waals surface area contributed by atoms with Gasteiger partial charge < -0.3 is 19.0 Å². The van der Waals surface area contributed by atoms with Gasteiger partial charge in [-0.2, -0.15) is 0 Å². The van der Waals surface area contributed by atoms with Crippen molar-refractivity contribution in [2.24, 2.45) is 5.16 Å². The molecule has 0 heterocycles. The summed E-state index contributed by atoms with van der Waals surface area (Å²) in [6.45, 7) is 6.31. The van der Waals surface area contributed by atoms with Crippen molar-refractivity contribution >= 4 is 44.0 Å². The molecule has 190 valence electrons. The van der Waals surface area contributed by atoms with E-state index >= 15 is 0 Å². The first-order chi connectivity index (χ1) is 17.4. The van der Waals surface area contributed by atoms with Crippen molar-refractivity contribution < 1.29 is 23.8 Å². The van der Waals surface area contributed by atoms with Crippen LogP contribution < -0.4 is 9.47 Å². The lowest BCUT2D eigenvalue weighted by atomic mass is 9.97. The van der Waals surface area contributed by atoms with Gasteiger partial charge in [0, 0.05) is 11.1 Å². The third kappa shape index (κ3) is 7.11. The van der Waals surface area contributed by atoms with Crippen LogP contribution in [0.2, 0.25) is 0 Å². The number of methoxy groups -OCH3 is 1. The predicted molar refractivity (Wildman–Crippen MR) is 148 cm³/mol. The molecule has 3 aromatic carbocycles. The first-order valence-electron chi connectivity index (χ1n) is 11.6. The van der Waals surface area contributed by atoms with Gasteiger partial charge in [-0.1, -0.05) is 49.3 Å². The number of esters is 1. The highest BCUT2D eigenvalue weighted by molar-refractivity contribution is 9.11. The molecule has 0 spiro atoms. The summed E-state index contributed by atoms with van der Waals surface area (Å²) in [6.07, 6.45) is 1.57. The number of hydrogen-bond donors (Lipinski definition) is 0. The number of carbonyl (C=O) groups is 1. The summed E-state index contributed by atoms with van der Waals surface area (Å²) in [6, 6.07) is 18.6. The van der Waals surface area contributed by atoms with Crippen molar-refractivity contribution in [2.45, 2.75) is 39.2 Å². The molecular formula is C28H29Br2NO5. The topological polar surface area (TPSA) is 66.4 Å². The molecule has 3 rings (SSSR count). The maximum Gasteiger partial charge on any atom is 0.355 e. The highest BCUT2D eigenvalue weighted by Crippen LogP contribution is 2.40. The fourth-order valence-electron chi connectivity index (χ4n) is 3.49. The minimum absolute atomic E-state index is 0.254. The number of carbonyl (C=O) groups excluding carboxylic acids is 1. The van der Waals surface area contributed by atoms with E-state index in [4.69, 9.17) is 19.0 Å². The molecule has 0 saturated heterocycles. The Labute approximate surface area is 228 Å². The molecule has 0 saturated carbocycles. The van der Waals surface area contributed by atoms with Gasteiger partial charge in [0.05, 0.1) is 28.9 Å². The summed E-state index contributed by atoms with van der Waals surface area (Å²) < 4.78 is 18.3. The molecule has 0 N–H and O–H groups in total. The van der Waals surface area contributed by atoms with E-state index in [1.807, 2.05) is 48.5 Å². The second kappa shape index (κ2) is 13.5. The zero-order chi connectivity index (χ0) is 26.1. The average molecular weight is 619 g/mol. The minimum atomic E-state index is -0.952. The van der Waals surface area contributed by atoms with E-state index in [1.165, 1.54) is 6.21 Å². The number of halogens is 2. The average Bonchev–Trinajstić information content (AvgIpc) is 2.88. The van der Waals surface area contributed by atoms with Crippen LogP contribution in [0, 0.1) is 0 Å². The SMILES string of the molecule is CCOC(=O)C(ON=Cc1cc(Br)c(Oc2ccc(OC)c(C(C)CC)c2)c(Br)c1)c1ccccc1. The third-order valence-electron chi connectivity index (χ3n) is 5.56. The van der Waals surface area contributed by atoms with Gasteiger partial charge >= 0.3 is 5.97 Å². The van der Waals surface area contributed by atoms with Gasteiger partial charge in [0.15, 0.2) is 5.75 Å². The number of nitrogens with zero attached hydrogens (tertiary/aromatic N) is 1. The number of ether oxygens (including phenoxy) is 3. The zero-order valence-electron chi connectivity index (χ0n) is 20.7. The van der Waals surface area contributed by atoms with Crippen LogP contribution in [0.3, 0.4) is 0 Å². The molecule has 6 nitrogen and oxygen atoms in total. The highest BCUT2D eigenvalue weighted by Gasteiger charge is 2.24. The van der Waals surface area contributed by atoms with Gasteiger partial charge in [-0.05, 0) is 87.0 Å². The van der Waals surface area contributed by atoms with Crippen LogP contribution in [-0.4, -0.2) is 25.9 Å². The van der Waals surface area contributed by atoms with Crippen LogP contribution >= 0.6 is 31.9 Å². The van der Waals surface area contributed by atoms with Crippen molar-refractivity contribution in [1.29, 1.82) is 0 Å². The number of oxime groups is 1. The van der Waals surface area contributed by atoms with Gasteiger partial charge in [-0.3, -0.25) is 0 Å². The van der Waals surface area contributed by atoms with Gasteiger partial charge in [0.1, 0.15) is 11.5 Å². The van der Waals surface area contributed by atoms with E-state index in [-0.39, 0.29) is 6.61 Å². The molecule has 0 amide bonds. The fraction of sp³-hybridized carbons (Fsp3) is 0.286. The molecule has 0 radical (unpaired) electrons. The fourth-order valence-corrected chi connectivity index (χ4v) is 4.87. The quantitative estimate of drug-likeness (QED) is 0.123. The van der Waals surface area contributed by atoms with Crippen molar-refractivity contribution in [3.05, 3.63) is 86.3 Å². The van der Waals surface area contributed by atoms with E-state index in [1.54, 1.807) is 26.2 Å². The van der Waals surface area contributed by atoms with E-state index in [0.717, 1.165) is 32.2 Å². The molecule has 36 heavy (non-hydrogen) atoms. The molecule has 0 fully saturated rings. The lowest BCUT2D eigenvalue weighted by molar-refractivity contribution is -0.157. The maximum atomic E-state index is 12.4. The van der Waals surface area contributed by atoms with Crippen LogP contribution in [0.5, 0.6) is 17.2 Å². The van der Waals surface area contributed by atoms with Crippen molar-refractivity contribution in [2.75, 3.05) is 13.7 Å². The Morgan fingerprint density at radius 2 is 1.72 bits per heavy atom. The van der Waals surface area contributed by atoms with E-state index in [9.17, 15) is 4.79 Å². The Morgan fingerprint density at radius 3 is 2.33 bits per heavy atom. The number of hydrogen-bond acceptors (Lipinski definition) is 6. The summed E-state index contributed by atoms with van der Waals surface area (Å²) >= 11 is 7.18. The summed E-state index contributed by atoms with van der Waals surface area (Å²) in [7, 11) is 1.67. The Kier molecular flexibility index (Phi) is 10.4. The molecule has 8 heteroatoms. The van der Waals surface area contributed by atoms with Crippen molar-refractivity contribution in [3.63, 3.8) is 0 Å². The summed E-state index contributed by atoms with van der Waals surface area (Å²) in [5, 5.41) is 4.05. The summed E-state index contributed by atoms with van der Waals surface area (Å²) in [4.78, 5) is 17.9. The smallest absolute Gasteiger partial charge is 0.355 e. The Bertz CT molecular complexity index is 1180. The zero-order valence-corrected chi connectivity index (χ0v) is 23.8. The lowest BCUT2D eigenvalue weighted by Crippen LogP contribution is -2.17. The van der Waals surface area contributed by atoms with E-state index in [0.29, 0.717) is 23.0 Å². The van der Waals surface area contributed by atoms with Gasteiger partial charge in [-0.15, -0.1) is 0 Å². The lowest BCUT2D eigenvalue weighted by Gasteiger charge is -2.17. The van der Waals surface area contributed by atoms with Crippen LogP contribution in [0.1, 0.15) is 55.9 Å². The summed E-state index contributed by atoms with van der Waals surface area (Å²) in [5.41, 5.74) is 2.50. The molecule has 3 aromatic rings. The second-order valence-electron chi connectivity index (χ2n) is 8.01. The largest absolute Gasteiger partial charge is 0.496 e. The minimum Gasteiger partial charge on any atom is -0.496 e. The van der Waals surface area contributed by atoms with Gasteiger partial charge in [0.2, 0.25) is 6.10 Å². The van der Waals surface area contributed by atoms with Gasteiger partial charge in [-0.25, -0.2) is 4.79 Å². The van der Waals surface area contributed by atoms with Crippen LogP contribution in [0.25, 0.3) is 0 Å². The standard InChI is InChI=1S/C28H29Br2NO5/c1-5-18(3)22-16-21(12-13-25(22)33-4)35-27-23(29)14-19(15-24(27)30)17-31-36-26(28(32)34-6-2)20-10-8-7-9-11-20/h7-18,26H,5-6H2,1-4H3. The molecule has 0 bridgehead atoms. The maximum absolute atomic E-state index is 12.4. The van der Waals surface area contributed by atoms with Crippen LogP contribution in [0.4, 0.5) is 0 Å². The van der Waals surface area contributed by atoms with E-state index < -0.39 is 12.1 Å². The van der Waals surface area contributed by atoms with Crippen LogP contribution in [-0.2, 0) is 14.4 Å². The Morgan fingerprint density at radius 1 is 1.03 bits per heavy atom. The Hall–Kier alpha value is -2.84. The molecule has 0 aliphatic carbocycles. The third-order valence-corrected chi connectivity index (χ3v) is 6.73. The summed E-state index contributed by atoms with van der Waals surface area (Å²) in [5.74, 6) is 2.02. The number of benzene rings is 3. The molecule has 0 aliphatic rings. The highest BCUT2D eigenvalue weighted by atomic mass is 79.9. The van der Waals surface area contributed by atoms with Crippen molar-refractivity contribution in [3.8, 4) is 17.2 Å². The molecule has 2 unspecified atom stereocenters. The first kappa shape index (κ1) is 27.7. The van der Waals surface area contributed by atoms with Gasteiger partial charge in [0.25, 0.3) is 0 Å². The molecule has 0 aromatic heterocycles. The molecule has 0 aliphatic heterocycles. The predicted octanol–water partition coefficient (Wildman–Crippen LogP) is 8.18. The molecule has 2 atom stereocenters. The Balaban J connectivity index is 1.78. The normalized spacial score (nSPS) is 12.7. The molecular weight excluding hydrogens is 590 g/mol. The second-order valence-corrected chi connectivity index (χ2v) is 9.72. The monoisotopic (exact) mass is 617 g/mol. The number of rotatable bonds is 11. The first-order valence-corrected chi connectivity index (χ1v) is 13.2. The van der Waals surface area contributed by atoms with Crippen molar-refractivity contribution in [1.82, 2.24) is 0 Å². The van der Waals surface area contributed by atoms with E-state index in [2.05, 4.69) is 50.9 Å². The van der Waals surface area contributed by atoms with Crippen LogP contribution in [0.15, 0.2) is 74.8 Å².